The lowest BCUT2D eigenvalue weighted by Crippen LogP contribution is -2.62. The summed E-state index contributed by atoms with van der Waals surface area (Å²) in [6, 6.07) is -0.662. The number of unbranched alkanes of at least 4 members (excludes halogenated alkanes) is 35. The van der Waals surface area contributed by atoms with E-state index in [4.69, 9.17) is 28.4 Å². The zero-order valence-corrected chi connectivity index (χ0v) is 51.0. The molecule has 0 saturated carbocycles. The van der Waals surface area contributed by atoms with Gasteiger partial charge in [0.2, 0.25) is 5.91 Å². The minimum Gasteiger partial charge on any atom is -0.387 e. The largest absolute Gasteiger partial charge is 0.387 e. The van der Waals surface area contributed by atoms with E-state index in [1.165, 1.54) is 186 Å². The lowest BCUT2D eigenvalue weighted by molar-refractivity contribution is -0.325. The van der Waals surface area contributed by atoms with E-state index in [0.717, 1.165) is 83.5 Å². The third-order valence-corrected chi connectivity index (χ3v) is 15.6. The fourth-order valence-corrected chi connectivity index (χ4v) is 10.3. The van der Waals surface area contributed by atoms with Gasteiger partial charge < -0.3 is 38.8 Å². The van der Waals surface area contributed by atoms with Crippen LogP contribution in [0.2, 0.25) is 0 Å². The molecular formula is C66H129NO8. The van der Waals surface area contributed by atoms with E-state index in [1.807, 2.05) is 13.0 Å². The number of aliphatic hydroxyl groups is 1. The third kappa shape index (κ3) is 40.7. The van der Waals surface area contributed by atoms with E-state index >= 15 is 0 Å². The second-order valence-electron chi connectivity index (χ2n) is 23.0. The lowest BCUT2D eigenvalue weighted by atomic mass is 9.97. The molecule has 0 aromatic carbocycles. The Morgan fingerprint density at radius 2 is 0.840 bits per heavy atom. The Morgan fingerprint density at radius 1 is 0.467 bits per heavy atom. The molecule has 1 rings (SSSR count). The Labute approximate surface area is 466 Å². The summed E-state index contributed by atoms with van der Waals surface area (Å²) in [6.07, 6.45) is 53.0. The Bertz CT molecular complexity index is 1200. The van der Waals surface area contributed by atoms with E-state index in [9.17, 15) is 9.90 Å². The van der Waals surface area contributed by atoms with Gasteiger partial charge in [0.1, 0.15) is 24.4 Å². The number of nitrogens with one attached hydrogen (secondary N) is 1. The highest BCUT2D eigenvalue weighted by molar-refractivity contribution is 5.78. The highest BCUT2D eigenvalue weighted by Crippen LogP contribution is 2.31. The van der Waals surface area contributed by atoms with Crippen molar-refractivity contribution in [1.29, 1.82) is 0 Å². The molecule has 75 heavy (non-hydrogen) atoms. The van der Waals surface area contributed by atoms with Gasteiger partial charge in [-0.05, 0) is 44.9 Å². The maximum atomic E-state index is 13.9. The fourth-order valence-electron chi connectivity index (χ4n) is 10.3. The molecule has 2 N–H and O–H groups in total. The SMILES string of the molecule is CCCCCCCCCCCC/C=C/[C@@H](O)[C@H](CO[C@H]1OC(COCCCC)[C@H](OCCCC)C(OCCCC)C1OCCCC)NC(=O)C(C)CCCCCCCCCCCCCCCCCCCCCCCC. The van der Waals surface area contributed by atoms with Crippen LogP contribution in [0, 0.1) is 5.92 Å². The predicted octanol–water partition coefficient (Wildman–Crippen LogP) is 18.4. The Kier molecular flexibility index (Phi) is 52.6. The first-order valence-corrected chi connectivity index (χ1v) is 33.2. The number of amides is 1. The number of rotatable bonds is 58. The van der Waals surface area contributed by atoms with Gasteiger partial charge in [-0.1, -0.05) is 285 Å². The molecular weight excluding hydrogens is 935 g/mol. The summed E-state index contributed by atoms with van der Waals surface area (Å²) in [5, 5.41) is 15.0. The van der Waals surface area contributed by atoms with Crippen molar-refractivity contribution in [3.63, 3.8) is 0 Å². The summed E-state index contributed by atoms with van der Waals surface area (Å²) in [5.74, 6) is -0.208. The van der Waals surface area contributed by atoms with Crippen molar-refractivity contribution < 1.29 is 38.3 Å². The van der Waals surface area contributed by atoms with Crippen LogP contribution in [0.5, 0.6) is 0 Å². The minimum atomic E-state index is -0.920. The van der Waals surface area contributed by atoms with Gasteiger partial charge >= 0.3 is 0 Å². The molecule has 1 saturated heterocycles. The van der Waals surface area contributed by atoms with Crippen molar-refractivity contribution in [2.75, 3.05) is 39.6 Å². The second-order valence-corrected chi connectivity index (χ2v) is 23.0. The maximum Gasteiger partial charge on any atom is 0.223 e. The van der Waals surface area contributed by atoms with Crippen molar-refractivity contribution in [2.45, 2.75) is 361 Å². The van der Waals surface area contributed by atoms with E-state index in [1.54, 1.807) is 0 Å². The molecule has 1 heterocycles. The Hall–Kier alpha value is -1.07. The minimum absolute atomic E-state index is 0.0399. The smallest absolute Gasteiger partial charge is 0.223 e. The zero-order valence-electron chi connectivity index (χ0n) is 51.0. The maximum absolute atomic E-state index is 13.9. The molecule has 9 nitrogen and oxygen atoms in total. The summed E-state index contributed by atoms with van der Waals surface area (Å²) in [5.41, 5.74) is 0. The van der Waals surface area contributed by atoms with E-state index in [-0.39, 0.29) is 24.5 Å². The molecule has 1 aliphatic rings. The number of aliphatic hydroxyl groups excluding tert-OH is 1. The molecule has 8 atom stereocenters. The van der Waals surface area contributed by atoms with Gasteiger partial charge in [-0.15, -0.1) is 0 Å². The van der Waals surface area contributed by atoms with Gasteiger partial charge in [0.15, 0.2) is 6.29 Å². The van der Waals surface area contributed by atoms with Gasteiger partial charge in [-0.3, -0.25) is 4.79 Å². The van der Waals surface area contributed by atoms with Crippen LogP contribution in [-0.4, -0.2) is 93.5 Å². The van der Waals surface area contributed by atoms with Crippen LogP contribution < -0.4 is 5.32 Å². The first-order chi connectivity index (χ1) is 36.9. The van der Waals surface area contributed by atoms with Crippen LogP contribution in [0.1, 0.15) is 318 Å². The molecule has 0 radical (unpaired) electrons. The molecule has 4 unspecified atom stereocenters. The summed E-state index contributed by atoms with van der Waals surface area (Å²) >= 11 is 0. The van der Waals surface area contributed by atoms with E-state index < -0.39 is 36.7 Å². The highest BCUT2D eigenvalue weighted by Gasteiger charge is 2.49. The van der Waals surface area contributed by atoms with Crippen molar-refractivity contribution in [3.05, 3.63) is 12.2 Å². The Balaban J connectivity index is 2.83. The molecule has 446 valence electrons. The number of carbonyl (C=O) groups excluding carboxylic acids is 1. The van der Waals surface area contributed by atoms with Crippen LogP contribution in [0.3, 0.4) is 0 Å². The predicted molar refractivity (Wildman–Crippen MR) is 319 cm³/mol. The monoisotopic (exact) mass is 1060 g/mol. The molecule has 0 aliphatic carbocycles. The molecule has 0 spiro atoms. The second kappa shape index (κ2) is 54.9. The van der Waals surface area contributed by atoms with Crippen LogP contribution in [-0.2, 0) is 33.2 Å². The number of hydrogen-bond acceptors (Lipinski definition) is 8. The fraction of sp³-hybridized carbons (Fsp3) is 0.955. The number of allylic oxidation sites excluding steroid dienone is 1. The van der Waals surface area contributed by atoms with Crippen LogP contribution in [0.15, 0.2) is 12.2 Å². The Morgan fingerprint density at radius 3 is 1.28 bits per heavy atom. The first-order valence-electron chi connectivity index (χ1n) is 33.2. The van der Waals surface area contributed by atoms with Gasteiger partial charge in [0.05, 0.1) is 25.4 Å². The molecule has 1 fully saturated rings. The third-order valence-electron chi connectivity index (χ3n) is 15.6. The first kappa shape index (κ1) is 71.9. The van der Waals surface area contributed by atoms with Crippen molar-refractivity contribution >= 4 is 5.91 Å². The van der Waals surface area contributed by atoms with Crippen molar-refractivity contribution in [3.8, 4) is 0 Å². The normalized spacial score (nSPS) is 19.3. The molecule has 0 bridgehead atoms. The zero-order chi connectivity index (χ0) is 54.5. The van der Waals surface area contributed by atoms with E-state index in [2.05, 4.69) is 52.9 Å². The molecule has 1 aliphatic heterocycles. The molecule has 0 aromatic rings. The average Bonchev–Trinajstić information content (AvgIpc) is 3.41. The number of carbonyl (C=O) groups is 1. The highest BCUT2D eigenvalue weighted by atomic mass is 16.7. The van der Waals surface area contributed by atoms with Gasteiger partial charge in [-0.25, -0.2) is 0 Å². The summed E-state index contributed by atoms with van der Waals surface area (Å²) in [6.45, 7) is 18.0. The van der Waals surface area contributed by atoms with Crippen LogP contribution in [0.25, 0.3) is 0 Å². The molecule has 9 heteroatoms. The van der Waals surface area contributed by atoms with Gasteiger partial charge in [0.25, 0.3) is 0 Å². The average molecular weight is 1060 g/mol. The number of ether oxygens (including phenoxy) is 6. The van der Waals surface area contributed by atoms with Gasteiger partial charge in [-0.2, -0.15) is 0 Å². The van der Waals surface area contributed by atoms with Crippen molar-refractivity contribution in [2.24, 2.45) is 5.92 Å². The topological polar surface area (TPSA) is 105 Å². The molecule has 0 aromatic heterocycles. The van der Waals surface area contributed by atoms with Crippen LogP contribution in [0.4, 0.5) is 0 Å². The molecule has 1 amide bonds. The summed E-state index contributed by atoms with van der Waals surface area (Å²) < 4.78 is 39.7. The lowest BCUT2D eigenvalue weighted by Gasteiger charge is -2.46. The standard InChI is InChI=1S/C66H129NO8/c1-8-14-20-22-24-26-28-30-31-32-33-34-35-36-37-38-39-40-42-44-46-48-50-58(7)65(69)67-59(60(68)51-49-47-45-43-41-29-27-25-23-21-15-9-2)56-74-66-64(73-55-19-13-6)63(72-54-18-12-5)62(71-53-17-11-4)61(75-66)57-70-52-16-10-3/h49,51,58-64,66,68H,8-48,50,52-57H2,1-7H3,(H,67,69)/b51-49+/t58?,59-,60+,61?,62-,63?,64?,66-/m0/s1. The van der Waals surface area contributed by atoms with Crippen molar-refractivity contribution in [1.82, 2.24) is 5.32 Å². The van der Waals surface area contributed by atoms with Crippen LogP contribution >= 0.6 is 0 Å². The van der Waals surface area contributed by atoms with Gasteiger partial charge in [0, 0.05) is 32.3 Å². The number of hydrogen-bond donors (Lipinski definition) is 2. The summed E-state index contributed by atoms with van der Waals surface area (Å²) in [7, 11) is 0. The quantitative estimate of drug-likeness (QED) is 0.0459. The summed E-state index contributed by atoms with van der Waals surface area (Å²) in [4.78, 5) is 13.9. The van der Waals surface area contributed by atoms with E-state index in [0.29, 0.717) is 33.0 Å².